The van der Waals surface area contributed by atoms with Gasteiger partial charge in [-0.25, -0.2) is 4.79 Å². The second-order valence-electron chi connectivity index (χ2n) is 8.63. The molecule has 0 saturated carbocycles. The Bertz CT molecular complexity index is 1120. The summed E-state index contributed by atoms with van der Waals surface area (Å²) in [6.07, 6.45) is 0.702. The number of esters is 1. The van der Waals surface area contributed by atoms with Crippen LogP contribution in [0.25, 0.3) is 5.76 Å². The van der Waals surface area contributed by atoms with E-state index in [0.29, 0.717) is 29.8 Å². The number of aromatic amines is 1. The van der Waals surface area contributed by atoms with Gasteiger partial charge < -0.3 is 24.6 Å². The molecule has 188 valence electrons. The number of likely N-dealkylation sites (tertiary alicyclic amines) is 1. The number of aryl methyl sites for hydroxylation is 1. The maximum Gasteiger partial charge on any atom is 0.355 e. The lowest BCUT2D eigenvalue weighted by Gasteiger charge is -2.26. The first-order valence-electron chi connectivity index (χ1n) is 12.2. The Morgan fingerprint density at radius 1 is 1.11 bits per heavy atom. The van der Waals surface area contributed by atoms with Crippen molar-refractivity contribution in [2.24, 2.45) is 0 Å². The predicted octanol–water partition coefficient (Wildman–Crippen LogP) is 3.96. The topological polar surface area (TPSA) is 103 Å². The van der Waals surface area contributed by atoms with Crippen LogP contribution in [0.15, 0.2) is 35.9 Å². The highest BCUT2D eigenvalue weighted by atomic mass is 16.5. The molecule has 0 radical (unpaired) electrons. The maximum absolute atomic E-state index is 13.3. The van der Waals surface area contributed by atoms with E-state index in [9.17, 15) is 19.5 Å². The third kappa shape index (κ3) is 5.17. The normalized spacial score (nSPS) is 17.4. The van der Waals surface area contributed by atoms with Crippen molar-refractivity contribution < 1.29 is 24.2 Å². The average molecular weight is 482 g/mol. The number of Topliss-reactive ketones (excluding diaryl/α,β-unsaturated/α-hetero) is 1. The van der Waals surface area contributed by atoms with Crippen molar-refractivity contribution in [3.8, 4) is 0 Å². The molecule has 1 fully saturated rings. The summed E-state index contributed by atoms with van der Waals surface area (Å²) in [6, 6.07) is 8.54. The number of ether oxygens (including phenoxy) is 1. The fourth-order valence-electron chi connectivity index (χ4n) is 4.74. The van der Waals surface area contributed by atoms with Crippen LogP contribution in [0.4, 0.5) is 0 Å². The van der Waals surface area contributed by atoms with Crippen LogP contribution < -0.4 is 0 Å². The molecule has 1 aliphatic rings. The summed E-state index contributed by atoms with van der Waals surface area (Å²) < 4.78 is 5.11. The Kier molecular flexibility index (Phi) is 8.51. The zero-order valence-corrected chi connectivity index (χ0v) is 21.2. The smallest absolute Gasteiger partial charge is 0.355 e. The molecule has 1 aromatic heterocycles. The number of aliphatic hydroxyl groups is 1. The lowest BCUT2D eigenvalue weighted by atomic mass is 9.94. The number of aliphatic hydroxyl groups excluding tert-OH is 1. The van der Waals surface area contributed by atoms with Crippen LogP contribution in [-0.2, 0) is 14.3 Å². The second kappa shape index (κ2) is 11.4. The Balaban J connectivity index is 2.08. The number of hydrogen-bond acceptors (Lipinski definition) is 6. The van der Waals surface area contributed by atoms with E-state index in [1.807, 2.05) is 30.3 Å². The van der Waals surface area contributed by atoms with Gasteiger partial charge in [-0.2, -0.15) is 0 Å². The van der Waals surface area contributed by atoms with Crippen LogP contribution in [-0.4, -0.2) is 70.3 Å². The summed E-state index contributed by atoms with van der Waals surface area (Å²) in [6.45, 7) is 12.5. The number of amides is 1. The van der Waals surface area contributed by atoms with Gasteiger partial charge in [0.25, 0.3) is 11.7 Å². The standard InChI is InChI=1S/C27H35N3O5/c1-6-29(7-2)15-12-16-30-23(19-13-10-9-11-14-19)21(25(32)26(30)33)24(31)20-17(4)22(28-18(20)5)27(34)35-8-3/h9-11,13-14,23,28,31H,6-8,12,15-16H2,1-5H3. The van der Waals surface area contributed by atoms with E-state index >= 15 is 0 Å². The molecule has 2 N–H and O–H groups in total. The number of H-pyrrole nitrogens is 1. The zero-order valence-electron chi connectivity index (χ0n) is 21.2. The number of nitrogens with one attached hydrogen (secondary N) is 1. The molecular formula is C27H35N3O5. The van der Waals surface area contributed by atoms with Crippen LogP contribution in [0.3, 0.4) is 0 Å². The molecular weight excluding hydrogens is 446 g/mol. The summed E-state index contributed by atoms with van der Waals surface area (Å²) in [5, 5.41) is 11.4. The van der Waals surface area contributed by atoms with Gasteiger partial charge in [0, 0.05) is 17.8 Å². The minimum absolute atomic E-state index is 0.0321. The second-order valence-corrected chi connectivity index (χ2v) is 8.63. The van der Waals surface area contributed by atoms with Crippen LogP contribution >= 0.6 is 0 Å². The SMILES string of the molecule is CCOC(=O)c1[nH]c(C)c(C(O)=C2C(=O)C(=O)N(CCCN(CC)CC)C2c2ccccc2)c1C. The molecule has 1 aliphatic heterocycles. The van der Waals surface area contributed by atoms with Crippen molar-refractivity contribution in [3.05, 3.63) is 64.0 Å². The molecule has 1 aromatic carbocycles. The van der Waals surface area contributed by atoms with Crippen LogP contribution in [0.2, 0.25) is 0 Å². The molecule has 1 atom stereocenters. The van der Waals surface area contributed by atoms with E-state index in [1.54, 1.807) is 25.7 Å². The molecule has 3 rings (SSSR count). The van der Waals surface area contributed by atoms with Gasteiger partial charge in [-0.15, -0.1) is 0 Å². The van der Waals surface area contributed by atoms with Crippen molar-refractivity contribution in [2.75, 3.05) is 32.8 Å². The number of ketones is 1. The maximum atomic E-state index is 13.3. The molecule has 0 bridgehead atoms. The van der Waals surface area contributed by atoms with Gasteiger partial charge in [-0.1, -0.05) is 44.2 Å². The summed E-state index contributed by atoms with van der Waals surface area (Å²) in [4.78, 5) is 45.6. The number of nitrogens with zero attached hydrogens (tertiary/aromatic N) is 2. The fourth-order valence-corrected chi connectivity index (χ4v) is 4.74. The molecule has 0 spiro atoms. The summed E-state index contributed by atoms with van der Waals surface area (Å²) >= 11 is 0. The summed E-state index contributed by atoms with van der Waals surface area (Å²) in [7, 11) is 0. The molecule has 2 heterocycles. The molecule has 0 aliphatic carbocycles. The fraction of sp³-hybridized carbons (Fsp3) is 0.444. The van der Waals surface area contributed by atoms with E-state index in [1.165, 1.54) is 0 Å². The van der Waals surface area contributed by atoms with E-state index < -0.39 is 23.7 Å². The lowest BCUT2D eigenvalue weighted by molar-refractivity contribution is -0.140. The molecule has 2 aromatic rings. The Labute approximate surface area is 206 Å². The quantitative estimate of drug-likeness (QED) is 0.230. The monoisotopic (exact) mass is 481 g/mol. The minimum Gasteiger partial charge on any atom is -0.507 e. The first-order valence-corrected chi connectivity index (χ1v) is 12.2. The highest BCUT2D eigenvalue weighted by Crippen LogP contribution is 2.40. The van der Waals surface area contributed by atoms with E-state index in [0.717, 1.165) is 25.2 Å². The van der Waals surface area contributed by atoms with Crippen molar-refractivity contribution in [1.29, 1.82) is 0 Å². The van der Waals surface area contributed by atoms with Crippen molar-refractivity contribution >= 4 is 23.4 Å². The predicted molar refractivity (Wildman–Crippen MR) is 134 cm³/mol. The Morgan fingerprint density at radius 2 is 1.77 bits per heavy atom. The first-order chi connectivity index (χ1) is 16.8. The van der Waals surface area contributed by atoms with E-state index in [-0.39, 0.29) is 23.6 Å². The molecule has 35 heavy (non-hydrogen) atoms. The summed E-state index contributed by atoms with van der Waals surface area (Å²) in [5.41, 5.74) is 2.32. The Hall–Kier alpha value is -3.39. The number of aromatic nitrogens is 1. The van der Waals surface area contributed by atoms with Crippen LogP contribution in [0, 0.1) is 13.8 Å². The minimum atomic E-state index is -0.725. The number of carbonyl (C=O) groups excluding carboxylic acids is 3. The van der Waals surface area contributed by atoms with Crippen LogP contribution in [0.1, 0.15) is 66.1 Å². The Morgan fingerprint density at radius 3 is 2.37 bits per heavy atom. The van der Waals surface area contributed by atoms with Crippen molar-refractivity contribution in [3.63, 3.8) is 0 Å². The molecule has 8 heteroatoms. The average Bonchev–Trinajstić information content (AvgIpc) is 3.29. The number of rotatable bonds is 10. The highest BCUT2D eigenvalue weighted by Gasteiger charge is 2.46. The number of hydrogen-bond donors (Lipinski definition) is 2. The largest absolute Gasteiger partial charge is 0.507 e. The third-order valence-corrected chi connectivity index (χ3v) is 6.58. The third-order valence-electron chi connectivity index (χ3n) is 6.58. The number of carbonyl (C=O) groups is 3. The summed E-state index contributed by atoms with van der Waals surface area (Å²) in [5.74, 6) is -2.18. The van der Waals surface area contributed by atoms with Crippen LogP contribution in [0.5, 0.6) is 0 Å². The molecule has 1 saturated heterocycles. The lowest BCUT2D eigenvalue weighted by Crippen LogP contribution is -2.33. The van der Waals surface area contributed by atoms with Gasteiger partial charge in [0.2, 0.25) is 0 Å². The van der Waals surface area contributed by atoms with Crippen molar-refractivity contribution in [1.82, 2.24) is 14.8 Å². The van der Waals surface area contributed by atoms with E-state index in [4.69, 9.17) is 4.74 Å². The van der Waals surface area contributed by atoms with Crippen molar-refractivity contribution in [2.45, 2.75) is 47.1 Å². The highest BCUT2D eigenvalue weighted by molar-refractivity contribution is 6.46. The van der Waals surface area contributed by atoms with Gasteiger partial charge in [0.1, 0.15) is 11.5 Å². The van der Waals surface area contributed by atoms with Gasteiger partial charge in [-0.3, -0.25) is 9.59 Å². The van der Waals surface area contributed by atoms with Gasteiger partial charge >= 0.3 is 5.97 Å². The number of benzene rings is 1. The molecule has 1 unspecified atom stereocenters. The molecule has 8 nitrogen and oxygen atoms in total. The molecule has 1 amide bonds. The van der Waals surface area contributed by atoms with Gasteiger partial charge in [0.05, 0.1) is 18.2 Å². The van der Waals surface area contributed by atoms with Gasteiger partial charge in [0.15, 0.2) is 0 Å². The van der Waals surface area contributed by atoms with Gasteiger partial charge in [-0.05, 0) is 58.0 Å². The zero-order chi connectivity index (χ0) is 25.7. The first kappa shape index (κ1) is 26.2. The van der Waals surface area contributed by atoms with E-state index in [2.05, 4.69) is 23.7 Å².